The molecule has 11 aliphatic rings. The number of alkyl halides is 10. The Kier molecular flexibility index (Phi) is 36.3. The highest BCUT2D eigenvalue weighted by atomic mass is 35.5. The van der Waals surface area contributed by atoms with Gasteiger partial charge < -0.3 is 174 Å². The SMILES string of the molecule is C=C1N=C(N)C(C)=CN1[C@@H]1O[C@@](CO)(CN=[N+]=[N-])[C@@H](O)[C@H]1F.C=C1N=C(N)C=CN1[C@@H]1O[C@@](CO)(CCl)[C@@H](O)C1(F)F.C=C1N=C(N)C=CN1[C@@H]1O[C@@](CO)(CCl)[C@@H](O)[C@H]1O.C=C[C@]1(CO)O[C@@H](N2C=CC(N)=NC2=C)C(F)(F)[C@@H]1O.C[C@@]1(O)[C@H](O)[C@](CO)(CF)O[C@H]1n1cnc2c(N)ccnc21.Cc1nc2c(ncn2[C@@H]2O[C@@](CO)(CN=[N+]=[N-])[C@@H](O)[C@H]2F)c(=O)[nH]1.[N-]=[N+]=NC[C@]1(CO)O[C@@H](n2cnc3c(N)ccnc32)[C@H](F)[C@@H]1O. The van der Waals surface area contributed by atoms with E-state index >= 15 is 0 Å². The molecule has 17 heterocycles. The summed E-state index contributed by atoms with van der Waals surface area (Å²) in [5.74, 6) is -6.66. The van der Waals surface area contributed by atoms with Crippen LogP contribution in [0.15, 0.2) is 194 Å². The number of aryl methyl sites for hydroxylation is 1. The highest BCUT2D eigenvalue weighted by Gasteiger charge is 2.70. The highest BCUT2D eigenvalue weighted by molar-refractivity contribution is 6.19. The maximum atomic E-state index is 14.6. The average Bonchev–Trinajstić information content (AvgIpc) is 1.56. The number of hydrogen-bond acceptors (Lipinski definition) is 47. The predicted molar refractivity (Wildman–Crippen MR) is 510 cm³/mol. The third-order valence-electron chi connectivity index (χ3n) is 25.5. The number of pyridine rings is 2. The molecule has 26 atom stereocenters. The fourth-order valence-electron chi connectivity index (χ4n) is 16.7. The van der Waals surface area contributed by atoms with E-state index in [1.54, 1.807) is 26.0 Å². The second-order valence-corrected chi connectivity index (χ2v) is 35.7. The summed E-state index contributed by atoms with van der Waals surface area (Å²) in [6.45, 7) is 14.6. The van der Waals surface area contributed by atoms with Gasteiger partial charge in [-0.3, -0.25) is 18.5 Å². The predicted octanol–water partition coefficient (Wildman–Crippen LogP) is -1.96. The number of aliphatic imine (C=N–C) groups is 4. The molecule has 7 fully saturated rings. The van der Waals surface area contributed by atoms with Gasteiger partial charge in [0.2, 0.25) is 12.5 Å². The lowest BCUT2D eigenvalue weighted by Gasteiger charge is -2.32. The number of nitrogen functional groups attached to an aromatic ring is 2. The molecule has 17 rings (SSSR count). The Morgan fingerprint density at radius 2 is 0.873 bits per heavy atom. The molecule has 6 aromatic rings. The largest absolute Gasteiger partial charge is 0.397 e. The fraction of sp³-hybridized carbons (Fsp3) is 0.530. The van der Waals surface area contributed by atoms with Gasteiger partial charge in [-0.15, -0.1) is 29.8 Å². The second-order valence-electron chi connectivity index (χ2n) is 35.1. The number of hydrogen-bond donors (Lipinski definition) is 23. The molecule has 150 heavy (non-hydrogen) atoms. The lowest BCUT2D eigenvalue weighted by atomic mass is 9.88. The molecule has 29 N–H and O–H groups in total. The first-order valence-corrected chi connectivity index (χ1v) is 45.0. The minimum absolute atomic E-state index is 0.0116. The van der Waals surface area contributed by atoms with Gasteiger partial charge >= 0.3 is 11.8 Å². The molecule has 818 valence electrons. The second kappa shape index (κ2) is 46.4. The van der Waals surface area contributed by atoms with Crippen LogP contribution < -0.4 is 40.0 Å². The van der Waals surface area contributed by atoms with Crippen molar-refractivity contribution in [2.24, 2.45) is 58.2 Å². The molecule has 11 aliphatic heterocycles. The summed E-state index contributed by atoms with van der Waals surface area (Å²) in [5.41, 5.74) is 46.8. The summed E-state index contributed by atoms with van der Waals surface area (Å²) >= 11 is 11.3. The first-order valence-electron chi connectivity index (χ1n) is 44.0. The zero-order valence-electron chi connectivity index (χ0n) is 79.1. The number of azide groups is 3. The Balaban J connectivity index is 0.000000166. The molecule has 67 heteroatoms. The molecular weight excluding hydrogens is 2070 g/mol. The minimum atomic E-state index is -3.67. The van der Waals surface area contributed by atoms with Crippen LogP contribution in [0.4, 0.5) is 46.5 Å². The average molecular weight is 2170 g/mol. The molecule has 0 saturated carbocycles. The van der Waals surface area contributed by atoms with Gasteiger partial charge in [0.1, 0.15) is 146 Å². The van der Waals surface area contributed by atoms with Crippen molar-refractivity contribution in [3.05, 3.63) is 202 Å². The van der Waals surface area contributed by atoms with Crippen LogP contribution in [-0.2, 0) is 33.2 Å². The Bertz CT molecular complexity index is 6460. The van der Waals surface area contributed by atoms with Crippen molar-refractivity contribution < 1.29 is 150 Å². The molecule has 0 amide bonds. The number of nitrogens with zero attached hydrogens (tertiary/aromatic N) is 26. The minimum Gasteiger partial charge on any atom is -0.397 e. The molecule has 0 aromatic carbocycles. The number of fused-ring (bicyclic) bond motifs is 3. The Morgan fingerprint density at radius 3 is 1.27 bits per heavy atom. The van der Waals surface area contributed by atoms with Gasteiger partial charge in [0, 0.05) is 57.5 Å². The normalized spacial score (nSPS) is 34.3. The van der Waals surface area contributed by atoms with E-state index in [9.17, 15) is 122 Å². The molecule has 6 aromatic heterocycles. The summed E-state index contributed by atoms with van der Waals surface area (Å²) in [7, 11) is 0. The molecular formula is C83H107Cl2F8N33O24. The van der Waals surface area contributed by atoms with Crippen LogP contribution in [0.2, 0.25) is 0 Å². The summed E-state index contributed by atoms with van der Waals surface area (Å²) in [6.07, 6.45) is -12.1. The molecule has 0 bridgehead atoms. The van der Waals surface area contributed by atoms with Gasteiger partial charge in [0.25, 0.3) is 5.56 Å². The van der Waals surface area contributed by atoms with Crippen LogP contribution in [0.3, 0.4) is 0 Å². The number of ether oxygens (including phenoxy) is 7. The van der Waals surface area contributed by atoms with E-state index in [4.69, 9.17) is 107 Å². The number of anilines is 2. The molecule has 0 radical (unpaired) electrons. The number of nitrogens with two attached hydrogens (primary N) is 6. The number of amidine groups is 4. The van der Waals surface area contributed by atoms with Gasteiger partial charge in [-0.1, -0.05) is 47.7 Å². The lowest BCUT2D eigenvalue weighted by Crippen LogP contribution is -2.52. The molecule has 0 spiro atoms. The number of halogens is 10. The van der Waals surface area contributed by atoms with E-state index in [1.165, 1.54) is 98.5 Å². The molecule has 0 aliphatic carbocycles. The zero-order valence-corrected chi connectivity index (χ0v) is 80.6. The summed E-state index contributed by atoms with van der Waals surface area (Å²) in [4.78, 5) is 66.3. The van der Waals surface area contributed by atoms with Crippen molar-refractivity contribution in [2.75, 3.05) is 95.8 Å². The standard InChI is InChI=1S/C13H17FN4O4.C12H15F2N3O3.C12H14FN7O4.C12H14FN7O3.C12H17FN6O3.C11H14ClF2N3O3.C11H16ClN3O4/c1-12(21)10(20)13(4-14,5-19)22-11(12)18-6-17-8-7(15)2-3-16-9(8)18;1-3-11(6-18)9(19)12(13,14)10(20-11)17-5-4-8(15)16-7(17)2;1-5-17-9-7(10(23)18-5)15-4-20(9)11-6(13)8(22)12(3-21,24-11)2-16-19-14;13-7-9(22)12(4-21,3-18-19-15)23-11(7)20-5-17-8-6(14)1-2-16-10(8)20;1-6-3-19(7(2)17-10(6)14)11-8(13)9(21)12(5-20,22-11)4-16-18-15;1-6-16-7(15)2-3-17(6)9-11(13,14)8(19)10(4-12,5-18)20-9;1-6-14-7(13)2-3-15(6)10-8(17)9(18)11(4-12,5-16)19-10/h2-3,6,10-11,19-21H,4-5H2,1H3,(H2,15,16);3-5,9-10,18-19H,1-2,6H2,(H2,15,16);4,6,8,11,21-22H,2-3H2,1H3,(H,17,18,23);1-2,5,7,9,11,21-22H,3-4H2,(H2,14,16);3,8-9,11,20-21H,2,4-5H2,1H3,(H2,14,17);2-3,8-9,18-19H,1,4-5H2,(H2,15,16);2-3,8-10,16-18H,1,4-5H2,(H2,13,14)/t10-,11+,12+,13+;9-,10-,11-;6-,8+,11-,12-;7-,9+,11-,12-;8-,9+,11-,12-;8-,9-,10-;8-,9+,10-,11-/m0111111/s1. The Labute approximate surface area is 850 Å². The smallest absolute Gasteiger partial charge is 0.320 e. The van der Waals surface area contributed by atoms with Crippen LogP contribution in [0.5, 0.6) is 0 Å². The zero-order chi connectivity index (χ0) is 111. The van der Waals surface area contributed by atoms with E-state index in [0.29, 0.717) is 39.5 Å². The van der Waals surface area contributed by atoms with Gasteiger partial charge in [-0.25, -0.2) is 67.4 Å². The van der Waals surface area contributed by atoms with E-state index in [0.717, 1.165) is 22.2 Å². The molecule has 0 unspecified atom stereocenters. The summed E-state index contributed by atoms with van der Waals surface area (Å²) < 4.78 is 155. The van der Waals surface area contributed by atoms with Crippen molar-refractivity contribution in [1.82, 2.24) is 68.2 Å². The van der Waals surface area contributed by atoms with Crippen molar-refractivity contribution in [1.29, 1.82) is 0 Å². The van der Waals surface area contributed by atoms with Crippen molar-refractivity contribution >= 4 is 91.4 Å². The number of imidazole rings is 3. The number of nitrogens with one attached hydrogen (secondary N) is 1. The topological polar surface area (TPSA) is 878 Å². The third-order valence-corrected chi connectivity index (χ3v) is 26.4. The van der Waals surface area contributed by atoms with Crippen LogP contribution in [0.25, 0.3) is 64.8 Å². The number of aliphatic hydroxyl groups excluding tert-OH is 15. The van der Waals surface area contributed by atoms with E-state index in [-0.39, 0.29) is 69.3 Å². The monoisotopic (exact) mass is 2170 g/mol. The maximum Gasteiger partial charge on any atom is 0.320 e. The van der Waals surface area contributed by atoms with E-state index < -0.39 is 252 Å². The van der Waals surface area contributed by atoms with Crippen LogP contribution >= 0.6 is 23.2 Å². The van der Waals surface area contributed by atoms with Gasteiger partial charge in [0.05, 0.1) is 108 Å². The number of rotatable bonds is 24. The lowest BCUT2D eigenvalue weighted by molar-refractivity contribution is -0.152. The number of aliphatic hydroxyl groups is 16. The molecule has 57 nitrogen and oxygen atoms in total. The summed E-state index contributed by atoms with van der Waals surface area (Å²) in [6, 6.07) is 3.12. The first-order chi connectivity index (χ1) is 70.7. The first kappa shape index (κ1) is 117. The number of aromatic amines is 1. The summed E-state index contributed by atoms with van der Waals surface area (Å²) in [5, 5.41) is 166. The van der Waals surface area contributed by atoms with Crippen LogP contribution in [0, 0.1) is 6.92 Å². The van der Waals surface area contributed by atoms with E-state index in [1.807, 2.05) is 0 Å². The quantitative estimate of drug-likeness (QED) is 0.00781. The van der Waals surface area contributed by atoms with Crippen LogP contribution in [0.1, 0.15) is 38.4 Å². The maximum absolute atomic E-state index is 14.6. The molecule has 7 saturated heterocycles. The van der Waals surface area contributed by atoms with Crippen molar-refractivity contribution in [2.45, 2.75) is 188 Å². The Morgan fingerprint density at radius 1 is 0.487 bits per heavy atom. The highest BCUT2D eigenvalue weighted by Crippen LogP contribution is 2.51. The van der Waals surface area contributed by atoms with Crippen molar-refractivity contribution in [3.63, 3.8) is 0 Å². The third kappa shape index (κ3) is 21.7. The fourth-order valence-corrected chi connectivity index (χ4v) is 17.3. The van der Waals surface area contributed by atoms with Crippen molar-refractivity contribution in [3.8, 4) is 0 Å². The Hall–Kier alpha value is -13.0. The van der Waals surface area contributed by atoms with E-state index in [2.05, 4.69) is 118 Å². The van der Waals surface area contributed by atoms with Gasteiger partial charge in [0.15, 0.2) is 89.9 Å². The van der Waals surface area contributed by atoms with Crippen LogP contribution in [-0.4, -0.2) is 406 Å². The number of aromatic nitrogens is 10. The number of H-pyrrole nitrogens is 1. The van der Waals surface area contributed by atoms with Gasteiger partial charge in [-0.2, -0.15) is 17.6 Å². The van der Waals surface area contributed by atoms with Gasteiger partial charge in [-0.05, 0) is 67.7 Å².